The molecule has 6 heteroatoms. The molecule has 1 aromatic carbocycles. The topological polar surface area (TPSA) is 73.6 Å². The number of carbonyl (C=O) groups excluding carboxylic acids is 1. The highest BCUT2D eigenvalue weighted by Crippen LogP contribution is 2.42. The Bertz CT molecular complexity index is 543. The van der Waals surface area contributed by atoms with Crippen LogP contribution in [0.1, 0.15) is 36.0 Å². The SMILES string of the molecule is COc1c(C(=O)CCC2CCNCC2)cc(Cl)c(N)c1OC. The van der Waals surface area contributed by atoms with Gasteiger partial charge in [0.1, 0.15) is 0 Å². The minimum absolute atomic E-state index is 0.00980. The van der Waals surface area contributed by atoms with E-state index < -0.39 is 0 Å². The smallest absolute Gasteiger partial charge is 0.186 e. The van der Waals surface area contributed by atoms with E-state index in [4.69, 9.17) is 26.8 Å². The van der Waals surface area contributed by atoms with Crippen LogP contribution in [0.15, 0.2) is 6.07 Å². The molecule has 1 heterocycles. The number of nitrogens with one attached hydrogen (secondary N) is 1. The normalized spacial score (nSPS) is 15.6. The first kappa shape index (κ1) is 16.9. The zero-order valence-electron chi connectivity index (χ0n) is 13.1. The maximum atomic E-state index is 12.5. The number of rotatable bonds is 6. The number of ketones is 1. The lowest BCUT2D eigenvalue weighted by Gasteiger charge is -2.22. The molecule has 0 aliphatic carbocycles. The third-order valence-corrected chi connectivity index (χ3v) is 4.48. The van der Waals surface area contributed by atoms with Crippen LogP contribution in [0.2, 0.25) is 5.02 Å². The number of nitrogen functional groups attached to an aromatic ring is 1. The summed E-state index contributed by atoms with van der Waals surface area (Å²) in [6.45, 7) is 2.06. The molecule has 2 rings (SSSR count). The molecule has 0 amide bonds. The van der Waals surface area contributed by atoms with E-state index in [1.165, 1.54) is 14.2 Å². The van der Waals surface area contributed by atoms with Crippen LogP contribution >= 0.6 is 11.6 Å². The summed E-state index contributed by atoms with van der Waals surface area (Å²) in [7, 11) is 2.97. The number of hydrogen-bond acceptors (Lipinski definition) is 5. The third kappa shape index (κ3) is 3.65. The minimum Gasteiger partial charge on any atom is -0.492 e. The maximum absolute atomic E-state index is 12.5. The molecule has 5 nitrogen and oxygen atoms in total. The molecule has 1 aromatic rings. The molecule has 122 valence electrons. The first-order valence-electron chi connectivity index (χ1n) is 7.52. The van der Waals surface area contributed by atoms with Gasteiger partial charge in [-0.3, -0.25) is 4.79 Å². The number of piperidine rings is 1. The van der Waals surface area contributed by atoms with Crippen LogP contribution < -0.4 is 20.5 Å². The molecule has 0 bridgehead atoms. The second-order valence-corrected chi connectivity index (χ2v) is 5.95. The van der Waals surface area contributed by atoms with Crippen LogP contribution in [0.3, 0.4) is 0 Å². The fourth-order valence-corrected chi connectivity index (χ4v) is 3.07. The van der Waals surface area contributed by atoms with Crippen LogP contribution in [-0.2, 0) is 0 Å². The fraction of sp³-hybridized carbons (Fsp3) is 0.562. The Morgan fingerprint density at radius 3 is 2.55 bits per heavy atom. The summed E-state index contributed by atoms with van der Waals surface area (Å²) in [5, 5.41) is 3.64. The number of ether oxygens (including phenoxy) is 2. The minimum atomic E-state index is 0.00980. The number of halogens is 1. The van der Waals surface area contributed by atoms with Gasteiger partial charge < -0.3 is 20.5 Å². The number of carbonyl (C=O) groups is 1. The predicted molar refractivity (Wildman–Crippen MR) is 88.1 cm³/mol. The Hall–Kier alpha value is -1.46. The lowest BCUT2D eigenvalue weighted by Crippen LogP contribution is -2.28. The van der Waals surface area contributed by atoms with Gasteiger partial charge in [-0.15, -0.1) is 0 Å². The number of Topliss-reactive ketones (excluding diaryl/α,β-unsaturated/α-hetero) is 1. The molecule has 22 heavy (non-hydrogen) atoms. The zero-order chi connectivity index (χ0) is 16.1. The monoisotopic (exact) mass is 326 g/mol. The fourth-order valence-electron chi connectivity index (χ4n) is 2.88. The van der Waals surface area contributed by atoms with Crippen LogP contribution in [0, 0.1) is 5.92 Å². The molecular formula is C16H23ClN2O3. The molecule has 0 aromatic heterocycles. The molecule has 1 aliphatic rings. The van der Waals surface area contributed by atoms with Gasteiger partial charge in [0, 0.05) is 6.42 Å². The first-order chi connectivity index (χ1) is 10.6. The quantitative estimate of drug-likeness (QED) is 0.621. The summed E-state index contributed by atoms with van der Waals surface area (Å²) in [5.41, 5.74) is 6.60. The van der Waals surface area contributed by atoms with E-state index in [1.54, 1.807) is 6.07 Å². The molecule has 1 saturated heterocycles. The predicted octanol–water partition coefficient (Wildman–Crippen LogP) is 2.90. The average Bonchev–Trinajstić information content (AvgIpc) is 2.55. The average molecular weight is 327 g/mol. The van der Waals surface area contributed by atoms with Crippen LogP contribution in [0.5, 0.6) is 11.5 Å². The first-order valence-corrected chi connectivity index (χ1v) is 7.90. The van der Waals surface area contributed by atoms with Gasteiger partial charge in [-0.2, -0.15) is 0 Å². The molecule has 0 saturated carbocycles. The molecule has 0 atom stereocenters. The van der Waals surface area contributed by atoms with Crippen LogP contribution in [0.25, 0.3) is 0 Å². The van der Waals surface area contributed by atoms with E-state index in [0.29, 0.717) is 34.4 Å². The molecule has 1 aliphatic heterocycles. The summed E-state index contributed by atoms with van der Waals surface area (Å²) in [4.78, 5) is 12.5. The lowest BCUT2D eigenvalue weighted by atomic mass is 9.91. The van der Waals surface area contributed by atoms with Gasteiger partial charge in [-0.25, -0.2) is 0 Å². The number of hydrogen-bond donors (Lipinski definition) is 2. The molecule has 0 unspecified atom stereocenters. The molecule has 1 fully saturated rings. The number of anilines is 1. The summed E-state index contributed by atoms with van der Waals surface area (Å²) in [6, 6.07) is 1.57. The van der Waals surface area contributed by atoms with Crippen molar-refractivity contribution in [2.45, 2.75) is 25.7 Å². The van der Waals surface area contributed by atoms with E-state index in [2.05, 4.69) is 5.32 Å². The highest BCUT2D eigenvalue weighted by atomic mass is 35.5. The van der Waals surface area contributed by atoms with Crippen LogP contribution in [0.4, 0.5) is 5.69 Å². The van der Waals surface area contributed by atoms with Crippen molar-refractivity contribution in [3.05, 3.63) is 16.7 Å². The van der Waals surface area contributed by atoms with Gasteiger partial charge in [0.05, 0.1) is 30.5 Å². The van der Waals surface area contributed by atoms with Crippen molar-refractivity contribution in [3.8, 4) is 11.5 Å². The van der Waals surface area contributed by atoms with Crippen molar-refractivity contribution in [2.75, 3.05) is 33.0 Å². The Morgan fingerprint density at radius 2 is 1.95 bits per heavy atom. The van der Waals surface area contributed by atoms with Gasteiger partial charge in [-0.1, -0.05) is 11.6 Å². The van der Waals surface area contributed by atoms with Gasteiger partial charge >= 0.3 is 0 Å². The van der Waals surface area contributed by atoms with Crippen molar-refractivity contribution < 1.29 is 14.3 Å². The third-order valence-electron chi connectivity index (χ3n) is 4.17. The Morgan fingerprint density at radius 1 is 1.32 bits per heavy atom. The standard InChI is InChI=1S/C16H23ClN2O3/c1-21-15-11(9-12(17)14(18)16(15)22-2)13(20)4-3-10-5-7-19-8-6-10/h9-10,19H,3-8,18H2,1-2H3. The second kappa shape index (κ2) is 7.70. The van der Waals surface area contributed by atoms with E-state index in [0.717, 1.165) is 32.4 Å². The van der Waals surface area contributed by atoms with Crippen molar-refractivity contribution in [3.63, 3.8) is 0 Å². The Balaban J connectivity index is 2.16. The van der Waals surface area contributed by atoms with E-state index in [9.17, 15) is 4.79 Å². The van der Waals surface area contributed by atoms with Crippen molar-refractivity contribution >= 4 is 23.1 Å². The Kier molecular flexibility index (Phi) is 5.91. The van der Waals surface area contributed by atoms with E-state index in [-0.39, 0.29) is 11.5 Å². The van der Waals surface area contributed by atoms with Crippen molar-refractivity contribution in [1.82, 2.24) is 5.32 Å². The highest BCUT2D eigenvalue weighted by Gasteiger charge is 2.23. The van der Waals surface area contributed by atoms with Crippen molar-refractivity contribution in [1.29, 1.82) is 0 Å². The maximum Gasteiger partial charge on any atom is 0.186 e. The van der Waals surface area contributed by atoms with Gasteiger partial charge in [0.2, 0.25) is 0 Å². The molecule has 0 radical (unpaired) electrons. The summed E-state index contributed by atoms with van der Waals surface area (Å²) >= 11 is 6.10. The number of nitrogens with two attached hydrogens (primary N) is 1. The summed E-state index contributed by atoms with van der Waals surface area (Å²) in [5.74, 6) is 1.29. The highest BCUT2D eigenvalue weighted by molar-refractivity contribution is 6.34. The zero-order valence-corrected chi connectivity index (χ0v) is 13.8. The summed E-state index contributed by atoms with van der Waals surface area (Å²) < 4.78 is 10.6. The van der Waals surface area contributed by atoms with Crippen LogP contribution in [-0.4, -0.2) is 33.1 Å². The van der Waals surface area contributed by atoms with Crippen molar-refractivity contribution in [2.24, 2.45) is 5.92 Å². The number of benzene rings is 1. The lowest BCUT2D eigenvalue weighted by molar-refractivity contribution is 0.0967. The van der Waals surface area contributed by atoms with Gasteiger partial charge in [0.25, 0.3) is 0 Å². The molecule has 3 N–H and O–H groups in total. The molecule has 0 spiro atoms. The van der Waals surface area contributed by atoms with Gasteiger partial charge in [0.15, 0.2) is 17.3 Å². The number of methoxy groups -OCH3 is 2. The van der Waals surface area contributed by atoms with Gasteiger partial charge in [-0.05, 0) is 44.3 Å². The van der Waals surface area contributed by atoms with E-state index in [1.807, 2.05) is 0 Å². The Labute approximate surface area is 136 Å². The van der Waals surface area contributed by atoms with E-state index >= 15 is 0 Å². The second-order valence-electron chi connectivity index (χ2n) is 5.54. The summed E-state index contributed by atoms with van der Waals surface area (Å²) in [6.07, 6.45) is 3.60. The molecular weight excluding hydrogens is 304 g/mol. The largest absolute Gasteiger partial charge is 0.492 e.